The van der Waals surface area contributed by atoms with E-state index in [0.717, 1.165) is 5.56 Å². The van der Waals surface area contributed by atoms with Crippen LogP contribution in [0.25, 0.3) is 0 Å². The molecule has 2 rings (SSSR count). The third-order valence-corrected chi connectivity index (χ3v) is 3.64. The van der Waals surface area contributed by atoms with Crippen molar-refractivity contribution in [2.75, 3.05) is 5.32 Å². The Labute approximate surface area is 131 Å². The molecular weight excluding hydrogens is 313 g/mol. The van der Waals surface area contributed by atoms with Gasteiger partial charge in [0, 0.05) is 10.6 Å². The van der Waals surface area contributed by atoms with Crippen molar-refractivity contribution in [1.82, 2.24) is 0 Å². The first-order valence-electron chi connectivity index (χ1n) is 5.99. The summed E-state index contributed by atoms with van der Waals surface area (Å²) < 4.78 is 0. The third kappa shape index (κ3) is 3.35. The molecule has 108 valence electrons. The van der Waals surface area contributed by atoms with Gasteiger partial charge in [-0.15, -0.1) is 0 Å². The molecule has 0 radical (unpaired) electrons. The van der Waals surface area contributed by atoms with Gasteiger partial charge in [-0.25, -0.2) is 4.79 Å². The van der Waals surface area contributed by atoms with Crippen LogP contribution in [-0.4, -0.2) is 17.0 Å². The van der Waals surface area contributed by atoms with Gasteiger partial charge in [-0.05, 0) is 42.8 Å². The highest BCUT2D eigenvalue weighted by Crippen LogP contribution is 2.27. The Kier molecular flexibility index (Phi) is 4.50. The van der Waals surface area contributed by atoms with E-state index in [9.17, 15) is 9.59 Å². The molecule has 0 bridgehead atoms. The Balaban J connectivity index is 2.36. The van der Waals surface area contributed by atoms with Gasteiger partial charge in [0.1, 0.15) is 0 Å². The lowest BCUT2D eigenvalue weighted by Crippen LogP contribution is -2.15. The van der Waals surface area contributed by atoms with Gasteiger partial charge < -0.3 is 10.4 Å². The maximum absolute atomic E-state index is 12.2. The number of aryl methyl sites for hydroxylation is 1. The van der Waals surface area contributed by atoms with Crippen LogP contribution >= 0.6 is 23.2 Å². The lowest BCUT2D eigenvalue weighted by atomic mass is 10.1. The molecule has 0 aliphatic rings. The van der Waals surface area contributed by atoms with E-state index in [2.05, 4.69) is 5.32 Å². The minimum Gasteiger partial charge on any atom is -0.478 e. The summed E-state index contributed by atoms with van der Waals surface area (Å²) in [4.78, 5) is 23.4. The van der Waals surface area contributed by atoms with Crippen molar-refractivity contribution in [3.05, 3.63) is 63.1 Å². The lowest BCUT2D eigenvalue weighted by molar-refractivity contribution is 0.0698. The highest BCUT2D eigenvalue weighted by molar-refractivity contribution is 6.35. The van der Waals surface area contributed by atoms with E-state index < -0.39 is 11.9 Å². The molecule has 0 unspecified atom stereocenters. The second-order valence-corrected chi connectivity index (χ2v) is 5.20. The number of carboxylic acid groups (broad SMARTS) is 1. The van der Waals surface area contributed by atoms with Crippen LogP contribution in [0, 0.1) is 6.92 Å². The summed E-state index contributed by atoms with van der Waals surface area (Å²) in [6.45, 7) is 1.78. The van der Waals surface area contributed by atoms with E-state index in [0.29, 0.717) is 10.6 Å². The van der Waals surface area contributed by atoms with E-state index in [4.69, 9.17) is 28.3 Å². The van der Waals surface area contributed by atoms with Gasteiger partial charge >= 0.3 is 5.97 Å². The molecule has 0 aliphatic heterocycles. The van der Waals surface area contributed by atoms with Gasteiger partial charge in [0.15, 0.2) is 0 Å². The lowest BCUT2D eigenvalue weighted by Gasteiger charge is -2.11. The number of para-hydroxylation sites is 1. The first kappa shape index (κ1) is 15.4. The zero-order valence-electron chi connectivity index (χ0n) is 11.0. The van der Waals surface area contributed by atoms with Crippen molar-refractivity contribution in [3.63, 3.8) is 0 Å². The van der Waals surface area contributed by atoms with Crippen molar-refractivity contribution < 1.29 is 14.7 Å². The van der Waals surface area contributed by atoms with Gasteiger partial charge in [0.25, 0.3) is 5.91 Å². The molecular formula is C15H11Cl2NO3. The first-order valence-corrected chi connectivity index (χ1v) is 6.75. The number of hydrogen-bond donors (Lipinski definition) is 2. The molecule has 2 N–H and O–H groups in total. The smallest absolute Gasteiger partial charge is 0.337 e. The number of anilines is 1. The zero-order chi connectivity index (χ0) is 15.6. The number of rotatable bonds is 3. The number of carbonyl (C=O) groups excluding carboxylic acids is 1. The topological polar surface area (TPSA) is 66.4 Å². The molecule has 0 saturated carbocycles. The fourth-order valence-electron chi connectivity index (χ4n) is 1.80. The van der Waals surface area contributed by atoms with E-state index in [1.54, 1.807) is 25.1 Å². The van der Waals surface area contributed by atoms with Crippen LogP contribution in [0.4, 0.5) is 5.69 Å². The predicted octanol–water partition coefficient (Wildman–Crippen LogP) is 4.25. The Bertz CT molecular complexity index is 729. The van der Waals surface area contributed by atoms with Crippen molar-refractivity contribution in [2.24, 2.45) is 0 Å². The number of nitrogens with one attached hydrogen (secondary N) is 1. The number of halogens is 2. The molecule has 0 aromatic heterocycles. The summed E-state index contributed by atoms with van der Waals surface area (Å²) in [5.41, 5.74) is 1.13. The number of hydrogen-bond acceptors (Lipinski definition) is 2. The number of benzene rings is 2. The van der Waals surface area contributed by atoms with Crippen molar-refractivity contribution in [3.8, 4) is 0 Å². The average Bonchev–Trinajstić information content (AvgIpc) is 2.43. The van der Waals surface area contributed by atoms with E-state index in [1.807, 2.05) is 0 Å². The Morgan fingerprint density at radius 1 is 1.10 bits per heavy atom. The van der Waals surface area contributed by atoms with Gasteiger partial charge in [-0.3, -0.25) is 4.79 Å². The molecule has 2 aromatic carbocycles. The van der Waals surface area contributed by atoms with Crippen LogP contribution in [0.1, 0.15) is 26.3 Å². The number of amides is 1. The van der Waals surface area contributed by atoms with Gasteiger partial charge in [0.05, 0.1) is 16.3 Å². The highest BCUT2D eigenvalue weighted by atomic mass is 35.5. The molecule has 2 aromatic rings. The molecule has 0 spiro atoms. The molecule has 1 amide bonds. The quantitative estimate of drug-likeness (QED) is 0.887. The minimum absolute atomic E-state index is 0.0680. The molecule has 0 fully saturated rings. The van der Waals surface area contributed by atoms with Crippen molar-refractivity contribution >= 4 is 40.8 Å². The van der Waals surface area contributed by atoms with Gasteiger partial charge in [-0.2, -0.15) is 0 Å². The summed E-state index contributed by atoms with van der Waals surface area (Å²) in [5.74, 6) is -1.62. The first-order chi connectivity index (χ1) is 9.90. The van der Waals surface area contributed by atoms with Crippen LogP contribution in [0.3, 0.4) is 0 Å². The average molecular weight is 324 g/mol. The Morgan fingerprint density at radius 2 is 1.81 bits per heavy atom. The van der Waals surface area contributed by atoms with Crippen LogP contribution in [0.2, 0.25) is 10.0 Å². The second-order valence-electron chi connectivity index (χ2n) is 4.39. The molecule has 0 atom stereocenters. The van der Waals surface area contributed by atoms with E-state index >= 15 is 0 Å². The van der Waals surface area contributed by atoms with Crippen LogP contribution in [-0.2, 0) is 0 Å². The molecule has 6 heteroatoms. The predicted molar refractivity (Wildman–Crippen MR) is 82.6 cm³/mol. The summed E-state index contributed by atoms with van der Waals surface area (Å²) >= 11 is 11.9. The highest BCUT2D eigenvalue weighted by Gasteiger charge is 2.16. The van der Waals surface area contributed by atoms with E-state index in [-0.39, 0.29) is 16.3 Å². The SMILES string of the molecule is Cc1cc(C(=O)Nc2c(Cl)cccc2C(=O)O)ccc1Cl. The normalized spacial score (nSPS) is 10.2. The van der Waals surface area contributed by atoms with Crippen molar-refractivity contribution in [2.45, 2.75) is 6.92 Å². The Morgan fingerprint density at radius 3 is 2.43 bits per heavy atom. The Hall–Kier alpha value is -2.04. The van der Waals surface area contributed by atoms with Gasteiger partial charge in [-0.1, -0.05) is 29.3 Å². The van der Waals surface area contributed by atoms with Crippen LogP contribution in [0.5, 0.6) is 0 Å². The second kappa shape index (κ2) is 6.16. The number of carboxylic acids is 1. The van der Waals surface area contributed by atoms with E-state index in [1.165, 1.54) is 18.2 Å². The maximum atomic E-state index is 12.2. The fourth-order valence-corrected chi connectivity index (χ4v) is 2.14. The zero-order valence-corrected chi connectivity index (χ0v) is 12.5. The molecule has 0 saturated heterocycles. The molecule has 0 aliphatic carbocycles. The molecule has 21 heavy (non-hydrogen) atoms. The molecule has 0 heterocycles. The largest absolute Gasteiger partial charge is 0.478 e. The summed E-state index contributed by atoms with van der Waals surface area (Å²) in [6, 6.07) is 9.18. The van der Waals surface area contributed by atoms with Gasteiger partial charge in [0.2, 0.25) is 0 Å². The monoisotopic (exact) mass is 323 g/mol. The fraction of sp³-hybridized carbons (Fsp3) is 0.0667. The van der Waals surface area contributed by atoms with Crippen LogP contribution in [0.15, 0.2) is 36.4 Å². The number of carbonyl (C=O) groups is 2. The summed E-state index contributed by atoms with van der Waals surface area (Å²) in [6.07, 6.45) is 0. The van der Waals surface area contributed by atoms with Crippen molar-refractivity contribution in [1.29, 1.82) is 0 Å². The molecule has 4 nitrogen and oxygen atoms in total. The summed E-state index contributed by atoms with van der Waals surface area (Å²) in [7, 11) is 0. The third-order valence-electron chi connectivity index (χ3n) is 2.90. The standard InChI is InChI=1S/C15H11Cl2NO3/c1-8-7-9(5-6-11(8)16)14(19)18-13-10(15(20)21)3-2-4-12(13)17/h2-7H,1H3,(H,18,19)(H,20,21). The summed E-state index contributed by atoms with van der Waals surface area (Å²) in [5, 5.41) is 12.4. The van der Waals surface area contributed by atoms with Crippen LogP contribution < -0.4 is 5.32 Å². The minimum atomic E-state index is -1.17. The number of aromatic carboxylic acids is 1. The maximum Gasteiger partial charge on any atom is 0.337 e.